The van der Waals surface area contributed by atoms with Gasteiger partial charge in [-0.05, 0) is 17.7 Å². The van der Waals surface area contributed by atoms with Crippen LogP contribution in [0.4, 0.5) is 9.18 Å². The van der Waals surface area contributed by atoms with E-state index in [0.717, 1.165) is 5.56 Å². The Bertz CT molecular complexity index is 326. The maximum atomic E-state index is 12.6. The molecule has 1 saturated heterocycles. The molecule has 1 atom stereocenters. The predicted molar refractivity (Wildman–Crippen MR) is 48.5 cm³/mol. The zero-order valence-corrected chi connectivity index (χ0v) is 7.50. The van der Waals surface area contributed by atoms with Gasteiger partial charge < -0.3 is 10.1 Å². The number of hydrogen-bond donors (Lipinski definition) is 1. The minimum Gasteiger partial charge on any atom is -0.449 e. The number of alkyl carbamates (subject to hydrolysis) is 1. The molecule has 0 aliphatic carbocycles. The van der Waals surface area contributed by atoms with E-state index in [2.05, 4.69) is 5.32 Å². The zero-order valence-electron chi connectivity index (χ0n) is 7.50. The molecule has 1 aliphatic heterocycles. The molecule has 14 heavy (non-hydrogen) atoms. The number of nitrogens with one attached hydrogen (secondary N) is 1. The Morgan fingerprint density at radius 1 is 1.36 bits per heavy atom. The molecule has 0 saturated carbocycles. The topological polar surface area (TPSA) is 38.3 Å². The van der Waals surface area contributed by atoms with E-state index in [1.807, 2.05) is 0 Å². The Balaban J connectivity index is 2.08. The van der Waals surface area contributed by atoms with E-state index in [0.29, 0.717) is 13.2 Å². The minimum atomic E-state index is -0.386. The van der Waals surface area contributed by atoms with E-state index in [4.69, 9.17) is 4.74 Å². The first kappa shape index (κ1) is 8.99. The van der Waals surface area contributed by atoms with Gasteiger partial charge in [-0.3, -0.25) is 0 Å². The first-order chi connectivity index (χ1) is 6.75. The van der Waals surface area contributed by atoms with Gasteiger partial charge in [0.05, 0.1) is 0 Å². The third-order valence-electron chi connectivity index (χ3n) is 2.25. The van der Waals surface area contributed by atoms with E-state index in [1.54, 1.807) is 12.1 Å². The maximum absolute atomic E-state index is 12.6. The summed E-state index contributed by atoms with van der Waals surface area (Å²) < 4.78 is 17.4. The standard InChI is InChI=1S/C10H10FNO2/c11-9-3-1-7(2-4-9)8-5-12-10(13)14-6-8/h1-4,8H,5-6H2,(H,12,13). The van der Waals surface area contributed by atoms with E-state index < -0.39 is 0 Å². The number of amides is 1. The van der Waals surface area contributed by atoms with Gasteiger partial charge in [-0.2, -0.15) is 0 Å². The molecule has 3 nitrogen and oxygen atoms in total. The predicted octanol–water partition coefficient (Wildman–Crippen LogP) is 1.65. The number of carbonyl (C=O) groups excluding carboxylic acids is 1. The van der Waals surface area contributed by atoms with Crippen molar-refractivity contribution >= 4 is 6.09 Å². The lowest BCUT2D eigenvalue weighted by Crippen LogP contribution is -2.37. The van der Waals surface area contributed by atoms with Crippen molar-refractivity contribution in [3.63, 3.8) is 0 Å². The van der Waals surface area contributed by atoms with Gasteiger partial charge >= 0.3 is 6.09 Å². The van der Waals surface area contributed by atoms with Gasteiger partial charge in [0, 0.05) is 12.5 Å². The summed E-state index contributed by atoms with van der Waals surface area (Å²) in [5, 5.41) is 2.59. The number of rotatable bonds is 1. The lowest BCUT2D eigenvalue weighted by molar-refractivity contribution is 0.120. The Kier molecular flexibility index (Phi) is 2.35. The van der Waals surface area contributed by atoms with Crippen LogP contribution in [0, 0.1) is 5.82 Å². The monoisotopic (exact) mass is 195 g/mol. The van der Waals surface area contributed by atoms with Crippen LogP contribution < -0.4 is 5.32 Å². The molecule has 1 amide bonds. The van der Waals surface area contributed by atoms with Crippen molar-refractivity contribution in [1.29, 1.82) is 0 Å². The summed E-state index contributed by atoms with van der Waals surface area (Å²) in [5.74, 6) is -0.136. The molecule has 1 aromatic rings. The molecule has 1 N–H and O–H groups in total. The summed E-state index contributed by atoms with van der Waals surface area (Å²) in [4.78, 5) is 10.7. The molecule has 1 fully saturated rings. The second-order valence-corrected chi connectivity index (χ2v) is 3.23. The molecule has 0 radical (unpaired) electrons. The minimum absolute atomic E-state index is 0.119. The second kappa shape index (κ2) is 3.65. The first-order valence-electron chi connectivity index (χ1n) is 4.42. The van der Waals surface area contributed by atoms with Gasteiger partial charge in [0.2, 0.25) is 0 Å². The fraction of sp³-hybridized carbons (Fsp3) is 0.300. The largest absolute Gasteiger partial charge is 0.449 e. The van der Waals surface area contributed by atoms with Crippen molar-refractivity contribution in [1.82, 2.24) is 5.32 Å². The molecule has 1 unspecified atom stereocenters. The van der Waals surface area contributed by atoms with Crippen LogP contribution in [0.15, 0.2) is 24.3 Å². The normalized spacial score (nSPS) is 21.2. The summed E-state index contributed by atoms with van der Waals surface area (Å²) in [5.41, 5.74) is 0.978. The van der Waals surface area contributed by atoms with E-state index >= 15 is 0 Å². The van der Waals surface area contributed by atoms with Crippen molar-refractivity contribution in [2.45, 2.75) is 5.92 Å². The highest BCUT2D eigenvalue weighted by atomic mass is 19.1. The molecule has 0 aromatic heterocycles. The van der Waals surface area contributed by atoms with Gasteiger partial charge in [-0.15, -0.1) is 0 Å². The number of cyclic esters (lactones) is 1. The highest BCUT2D eigenvalue weighted by molar-refractivity contribution is 5.68. The van der Waals surface area contributed by atoms with Crippen molar-refractivity contribution in [3.05, 3.63) is 35.6 Å². The third-order valence-corrected chi connectivity index (χ3v) is 2.25. The third kappa shape index (κ3) is 1.84. The molecular weight excluding hydrogens is 185 g/mol. The SMILES string of the molecule is O=C1NCC(c2ccc(F)cc2)CO1. The molecular formula is C10H10FNO2. The number of halogens is 1. The lowest BCUT2D eigenvalue weighted by Gasteiger charge is -2.22. The highest BCUT2D eigenvalue weighted by Crippen LogP contribution is 2.18. The summed E-state index contributed by atoms with van der Waals surface area (Å²) in [6, 6.07) is 6.24. The van der Waals surface area contributed by atoms with Crippen molar-refractivity contribution in [3.8, 4) is 0 Å². The van der Waals surface area contributed by atoms with Crippen molar-refractivity contribution in [2.24, 2.45) is 0 Å². The average Bonchev–Trinajstić information content (AvgIpc) is 2.21. The van der Waals surface area contributed by atoms with Crippen LogP contribution in [-0.2, 0) is 4.74 Å². The van der Waals surface area contributed by atoms with Crippen LogP contribution in [0.1, 0.15) is 11.5 Å². The number of ether oxygens (including phenoxy) is 1. The maximum Gasteiger partial charge on any atom is 0.407 e. The zero-order chi connectivity index (χ0) is 9.97. The van der Waals surface area contributed by atoms with E-state index in [1.165, 1.54) is 12.1 Å². The number of hydrogen-bond acceptors (Lipinski definition) is 2. The summed E-state index contributed by atoms with van der Waals surface area (Å²) >= 11 is 0. The Hall–Kier alpha value is -1.58. The second-order valence-electron chi connectivity index (χ2n) is 3.23. The van der Waals surface area contributed by atoms with Crippen LogP contribution in [-0.4, -0.2) is 19.2 Å². The van der Waals surface area contributed by atoms with Gasteiger partial charge in [0.15, 0.2) is 0 Å². The molecule has 1 aliphatic rings. The smallest absolute Gasteiger partial charge is 0.407 e. The Morgan fingerprint density at radius 3 is 2.64 bits per heavy atom. The fourth-order valence-corrected chi connectivity index (χ4v) is 1.44. The molecule has 0 bridgehead atoms. The van der Waals surface area contributed by atoms with Crippen LogP contribution in [0.3, 0.4) is 0 Å². The summed E-state index contributed by atoms with van der Waals surface area (Å²) in [7, 11) is 0. The van der Waals surface area contributed by atoms with Crippen molar-refractivity contribution < 1.29 is 13.9 Å². The number of benzene rings is 1. The van der Waals surface area contributed by atoms with E-state index in [9.17, 15) is 9.18 Å². The number of carbonyl (C=O) groups is 1. The van der Waals surface area contributed by atoms with Crippen molar-refractivity contribution in [2.75, 3.05) is 13.2 Å². The highest BCUT2D eigenvalue weighted by Gasteiger charge is 2.20. The van der Waals surface area contributed by atoms with E-state index in [-0.39, 0.29) is 17.8 Å². The van der Waals surface area contributed by atoms with Gasteiger partial charge in [-0.1, -0.05) is 12.1 Å². The lowest BCUT2D eigenvalue weighted by atomic mass is 9.99. The fourth-order valence-electron chi connectivity index (χ4n) is 1.44. The Morgan fingerprint density at radius 2 is 2.07 bits per heavy atom. The first-order valence-corrected chi connectivity index (χ1v) is 4.42. The van der Waals surface area contributed by atoms with Crippen LogP contribution in [0.2, 0.25) is 0 Å². The quantitative estimate of drug-likeness (QED) is 0.739. The summed E-state index contributed by atoms with van der Waals surface area (Å²) in [6.45, 7) is 0.905. The molecule has 4 heteroatoms. The molecule has 2 rings (SSSR count). The Labute approximate surface area is 80.9 Å². The van der Waals surface area contributed by atoms with Crippen LogP contribution in [0.5, 0.6) is 0 Å². The molecule has 1 heterocycles. The molecule has 74 valence electrons. The summed E-state index contributed by atoms with van der Waals surface area (Å²) in [6.07, 6.45) is -0.386. The van der Waals surface area contributed by atoms with Gasteiger partial charge in [-0.25, -0.2) is 9.18 Å². The van der Waals surface area contributed by atoms with Gasteiger partial charge in [0.1, 0.15) is 12.4 Å². The van der Waals surface area contributed by atoms with Crippen LogP contribution >= 0.6 is 0 Å². The van der Waals surface area contributed by atoms with Gasteiger partial charge in [0.25, 0.3) is 0 Å². The van der Waals surface area contributed by atoms with Crippen LogP contribution in [0.25, 0.3) is 0 Å². The average molecular weight is 195 g/mol. The molecule has 0 spiro atoms. The molecule has 1 aromatic carbocycles.